The van der Waals surface area contributed by atoms with Crippen molar-refractivity contribution in [1.82, 2.24) is 67.2 Å². The summed E-state index contributed by atoms with van der Waals surface area (Å²) in [4.78, 5) is 33.9. The number of fused-ring (bicyclic) bond motifs is 3. The van der Waals surface area contributed by atoms with E-state index in [9.17, 15) is 32.2 Å². The largest absolute Gasteiger partial charge is 0.393 e. The van der Waals surface area contributed by atoms with Crippen LogP contribution in [0.25, 0.3) is 66.6 Å². The topological polar surface area (TPSA) is 292 Å². The molecule has 9 aromatic rings. The number of aromatic nitrogens is 10. The Morgan fingerprint density at radius 2 is 0.861 bits per heavy atom. The lowest BCUT2D eigenvalue weighted by Crippen LogP contribution is -2.43. The Kier molecular flexibility index (Phi) is 27.7. The fraction of sp³-hybridized carbons (Fsp3) is 0.568. The van der Waals surface area contributed by atoms with Crippen LogP contribution in [0.5, 0.6) is 0 Å². The number of sulfonamides is 2. The Bertz CT molecular complexity index is 4370. The molecule has 0 amide bonds. The van der Waals surface area contributed by atoms with Crippen LogP contribution in [0.4, 0.5) is 17.8 Å². The SMILES string of the molecule is C.CCCCNc1ncc2c(-c3ccc(CN4CCN(C)CC4)cc3)cn(C3CCC(O)CC3)c2n1.CCCCNc1ncc2c(-c3ccc(S(=O)(=O)N4CCCCC4)cc3)nn(C3CCC(O)CC3)c2n1.CCCCNc1ncc2c(-c3ccc(S(=O)(=O)N4CCOCC4)cc3)cn(C3CCC(O)CC3)c2n1. The van der Waals surface area contributed by atoms with Crippen LogP contribution in [-0.2, 0) is 31.3 Å². The number of piperazine rings is 1. The van der Waals surface area contributed by atoms with E-state index in [0.717, 1.165) is 243 Å². The van der Waals surface area contributed by atoms with Gasteiger partial charge in [-0.3, -0.25) is 4.90 Å². The molecule has 0 spiro atoms. The fourth-order valence-corrected chi connectivity index (χ4v) is 18.6. The van der Waals surface area contributed by atoms with Gasteiger partial charge in [0.25, 0.3) is 0 Å². The molecule has 9 heterocycles. The number of piperidine rings is 1. The number of nitrogens with one attached hydrogen (secondary N) is 3. The van der Waals surface area contributed by atoms with Crippen molar-refractivity contribution in [2.24, 2.45) is 0 Å². The number of morpholine rings is 1. The molecule has 27 heteroatoms. The van der Waals surface area contributed by atoms with Gasteiger partial charge in [0.05, 0.1) is 52.7 Å². The molecule has 25 nitrogen and oxygen atoms in total. The van der Waals surface area contributed by atoms with Gasteiger partial charge < -0.3 is 50.0 Å². The van der Waals surface area contributed by atoms with Crippen molar-refractivity contribution in [3.8, 4) is 33.5 Å². The second-order valence-corrected chi connectivity index (χ2v) is 33.9. The molecule has 3 aliphatic heterocycles. The van der Waals surface area contributed by atoms with E-state index < -0.39 is 20.0 Å². The fourth-order valence-electron chi connectivity index (χ4n) is 15.7. The van der Waals surface area contributed by atoms with E-state index in [1.54, 1.807) is 28.6 Å². The van der Waals surface area contributed by atoms with E-state index in [4.69, 9.17) is 24.8 Å². The van der Waals surface area contributed by atoms with Gasteiger partial charge in [-0.2, -0.15) is 28.7 Å². The van der Waals surface area contributed by atoms with Crippen molar-refractivity contribution in [2.75, 3.05) is 108 Å². The van der Waals surface area contributed by atoms with Crippen molar-refractivity contribution >= 4 is 71.0 Å². The molecule has 0 bridgehead atoms. The summed E-state index contributed by atoms with van der Waals surface area (Å²) in [5.74, 6) is 1.90. The minimum absolute atomic E-state index is 0. The number of anilines is 3. The molecule has 108 heavy (non-hydrogen) atoms. The second kappa shape index (κ2) is 37.4. The summed E-state index contributed by atoms with van der Waals surface area (Å²) in [6, 6.07) is 24.0. The number of aliphatic hydroxyl groups is 3. The third-order valence-electron chi connectivity index (χ3n) is 22.3. The highest BCUT2D eigenvalue weighted by Gasteiger charge is 2.32. The van der Waals surface area contributed by atoms with Gasteiger partial charge in [0.1, 0.15) is 17.0 Å². The van der Waals surface area contributed by atoms with Gasteiger partial charge in [0.15, 0.2) is 5.65 Å². The first-order chi connectivity index (χ1) is 52.0. The highest BCUT2D eigenvalue weighted by Crippen LogP contribution is 2.41. The van der Waals surface area contributed by atoms with Crippen LogP contribution in [0.15, 0.2) is 114 Å². The average molecular weight is 1520 g/mol. The van der Waals surface area contributed by atoms with Crippen LogP contribution < -0.4 is 16.0 Å². The molecule has 6 aromatic heterocycles. The molecule has 584 valence electrons. The summed E-state index contributed by atoms with van der Waals surface area (Å²) in [5.41, 5.74) is 9.88. The van der Waals surface area contributed by atoms with Crippen molar-refractivity contribution in [1.29, 1.82) is 0 Å². The van der Waals surface area contributed by atoms with Gasteiger partial charge in [0.2, 0.25) is 37.9 Å². The second-order valence-electron chi connectivity index (χ2n) is 30.0. The molecule has 3 aromatic carbocycles. The third kappa shape index (κ3) is 19.2. The molecule has 15 rings (SSSR count). The van der Waals surface area contributed by atoms with Crippen LogP contribution in [0.2, 0.25) is 0 Å². The van der Waals surface area contributed by atoms with E-state index in [2.05, 4.69) is 114 Å². The standard InChI is InChI=1S/C28H40N6O.C26H36N6O3S.C26H35N5O4S.CH4/c1-3-4-13-29-28-30-18-25-26(20-34(27(25)31-28)23-9-11-24(35)12-10-23)22-7-5-21(6-8-22)19-33-16-14-32(2)15-17-33;1-2-3-15-27-26-28-18-23-24(30-32(25(23)29-26)20-9-11-21(33)12-10-20)19-7-13-22(14-8-19)36(34,35)31-16-5-4-6-17-31;1-2-3-12-27-26-28-17-23-24(18-31(25(23)29-26)20-6-8-21(32)9-7-20)19-4-10-22(11-5-19)36(33,34)30-13-15-35-16-14-30;/h5-8,18,20,23-24,35H,3-4,9-17,19H2,1-2H3,(H,29,30,31);7-8,13-14,18,20-21,33H,2-6,9-12,15-17H2,1H3,(H,27,28,29);4-5,10-11,17-18,20-21,32H,2-3,6-9,12-16H2,1H3,(H,27,28,29);1H4. The molecule has 6 aliphatic rings. The van der Waals surface area contributed by atoms with Crippen LogP contribution in [0, 0.1) is 0 Å². The maximum atomic E-state index is 13.1. The van der Waals surface area contributed by atoms with Crippen molar-refractivity contribution in [3.05, 3.63) is 109 Å². The number of ether oxygens (including phenoxy) is 1. The number of rotatable bonds is 24. The highest BCUT2D eigenvalue weighted by molar-refractivity contribution is 7.89. The smallest absolute Gasteiger partial charge is 0.243 e. The lowest BCUT2D eigenvalue weighted by molar-refractivity contribution is 0.0730. The summed E-state index contributed by atoms with van der Waals surface area (Å²) in [7, 11) is -4.83. The molecule has 6 fully saturated rings. The predicted octanol–water partition coefficient (Wildman–Crippen LogP) is 13.3. The maximum Gasteiger partial charge on any atom is 0.243 e. The molecule has 0 radical (unpaired) electrons. The number of aliphatic hydroxyl groups excluding tert-OH is 3. The number of nitrogens with zero attached hydrogens (tertiary/aromatic N) is 14. The Labute approximate surface area is 638 Å². The first-order valence-corrected chi connectivity index (χ1v) is 42.5. The first-order valence-electron chi connectivity index (χ1n) is 39.6. The molecular weight excluding hydrogens is 1400 g/mol. The lowest BCUT2D eigenvalue weighted by atomic mass is 9.93. The van der Waals surface area contributed by atoms with Crippen LogP contribution in [0.1, 0.15) is 187 Å². The molecule has 3 saturated carbocycles. The number of hydrogen-bond donors (Lipinski definition) is 6. The number of benzene rings is 3. The maximum absolute atomic E-state index is 13.1. The van der Waals surface area contributed by atoms with Crippen LogP contribution >= 0.6 is 0 Å². The number of hydrogen-bond acceptors (Lipinski definition) is 20. The molecule has 3 saturated heterocycles. The Morgan fingerprint density at radius 1 is 0.463 bits per heavy atom. The van der Waals surface area contributed by atoms with E-state index in [1.807, 2.05) is 47.5 Å². The van der Waals surface area contributed by atoms with Gasteiger partial charge in [-0.1, -0.05) is 102 Å². The minimum atomic E-state index is -3.55. The monoisotopic (exact) mass is 1520 g/mol. The Morgan fingerprint density at radius 3 is 1.31 bits per heavy atom. The van der Waals surface area contributed by atoms with Crippen molar-refractivity contribution in [2.45, 2.75) is 216 Å². The van der Waals surface area contributed by atoms with Gasteiger partial charge in [-0.05, 0) is 157 Å². The van der Waals surface area contributed by atoms with Gasteiger partial charge in [0, 0.05) is 149 Å². The predicted molar refractivity (Wildman–Crippen MR) is 429 cm³/mol. The Hall–Kier alpha value is -7.57. The van der Waals surface area contributed by atoms with Gasteiger partial charge in [-0.15, -0.1) is 0 Å². The summed E-state index contributed by atoms with van der Waals surface area (Å²) in [5, 5.41) is 47.9. The highest BCUT2D eigenvalue weighted by atomic mass is 32.2. The van der Waals surface area contributed by atoms with E-state index >= 15 is 0 Å². The molecular formula is C81H115N17O8S2. The summed E-state index contributed by atoms with van der Waals surface area (Å²) in [6.45, 7) is 17.3. The molecule has 0 unspecified atom stereocenters. The molecule has 3 aliphatic carbocycles. The zero-order valence-electron chi connectivity index (χ0n) is 63.0. The van der Waals surface area contributed by atoms with Crippen LogP contribution in [-0.4, -0.2) is 210 Å². The summed E-state index contributed by atoms with van der Waals surface area (Å²) >= 11 is 0. The summed E-state index contributed by atoms with van der Waals surface area (Å²) < 4.78 is 67.2. The first kappa shape index (κ1) is 80.0. The molecule has 0 atom stereocenters. The van der Waals surface area contributed by atoms with Crippen LogP contribution in [0.3, 0.4) is 0 Å². The van der Waals surface area contributed by atoms with Crippen molar-refractivity contribution in [3.63, 3.8) is 0 Å². The lowest BCUT2D eigenvalue weighted by Gasteiger charge is -2.32. The quantitative estimate of drug-likeness (QED) is 0.0306. The molecule has 6 N–H and O–H groups in total. The zero-order valence-corrected chi connectivity index (χ0v) is 64.6. The average Bonchev–Trinajstić information content (AvgIpc) is 1.63. The Balaban J connectivity index is 0.000000151. The normalized spacial score (nSPS) is 21.5. The van der Waals surface area contributed by atoms with Gasteiger partial charge in [-0.25, -0.2) is 36.5 Å². The van der Waals surface area contributed by atoms with Crippen molar-refractivity contribution < 1.29 is 36.9 Å². The van der Waals surface area contributed by atoms with E-state index in [-0.39, 0.29) is 42.7 Å². The zero-order chi connectivity index (χ0) is 74.4. The van der Waals surface area contributed by atoms with E-state index in [1.165, 1.54) is 21.0 Å². The third-order valence-corrected chi connectivity index (χ3v) is 26.1. The van der Waals surface area contributed by atoms with E-state index in [0.29, 0.717) is 68.2 Å². The summed E-state index contributed by atoms with van der Waals surface area (Å²) in [6.07, 6.45) is 29.0. The number of likely N-dealkylation sites (N-methyl/N-ethyl adjacent to an activating group) is 1. The van der Waals surface area contributed by atoms with Gasteiger partial charge >= 0.3 is 0 Å². The minimum Gasteiger partial charge on any atom is -0.393 e. The number of unbranched alkanes of at least 4 members (excludes halogenated alkanes) is 3.